The zero-order valence-corrected chi connectivity index (χ0v) is 24.5. The van der Waals surface area contributed by atoms with Crippen molar-refractivity contribution < 1.29 is 71.8 Å². The predicted octanol–water partition coefficient (Wildman–Crippen LogP) is 4.20. The molecule has 32 heavy (non-hydrogen) atoms. The number of thiol groups is 1. The molecular formula is C23H35KO4S4. The molecule has 0 amide bonds. The van der Waals surface area contributed by atoms with Crippen LogP contribution in [-0.2, 0) is 12.6 Å². The van der Waals surface area contributed by atoms with Crippen LogP contribution >= 0.6 is 37.1 Å². The first-order valence-electron chi connectivity index (χ1n) is 8.76. The van der Waals surface area contributed by atoms with Crippen molar-refractivity contribution in [2.24, 2.45) is 0 Å². The second-order valence-corrected chi connectivity index (χ2v) is 9.42. The fourth-order valence-electron chi connectivity index (χ4n) is 2.25. The summed E-state index contributed by atoms with van der Waals surface area (Å²) in [4.78, 5) is 0. The molecule has 4 nitrogen and oxygen atoms in total. The SMILES string of the molecule is C.C.CC(=S)[S-].CC(C)c1cc(C(=S)S)c(O)cc1O.CC(C)c1ccc(O)cc1O.[K+]. The van der Waals surface area contributed by atoms with E-state index in [2.05, 4.69) is 37.5 Å². The topological polar surface area (TPSA) is 80.9 Å². The number of benzene rings is 2. The van der Waals surface area contributed by atoms with Gasteiger partial charge < -0.3 is 45.3 Å². The summed E-state index contributed by atoms with van der Waals surface area (Å²) in [5.41, 5.74) is 2.11. The first-order valence-corrected chi connectivity index (χ1v) is 10.4. The van der Waals surface area contributed by atoms with Crippen LogP contribution in [-0.4, -0.2) is 28.8 Å². The molecule has 2 aromatic carbocycles. The van der Waals surface area contributed by atoms with E-state index in [0.29, 0.717) is 14.0 Å². The largest absolute Gasteiger partial charge is 1.00 e. The van der Waals surface area contributed by atoms with Gasteiger partial charge in [0.1, 0.15) is 23.0 Å². The molecule has 0 unspecified atom stereocenters. The molecule has 0 saturated heterocycles. The zero-order chi connectivity index (χ0) is 22.9. The zero-order valence-electron chi connectivity index (χ0n) is 18.0. The maximum absolute atomic E-state index is 9.54. The molecule has 0 aliphatic carbocycles. The standard InChI is InChI=1S/C10H12O2S2.C9H12O2.C2H4S2.2CH4.K/c1-5(2)6-3-7(10(13)14)9(12)4-8(6)11;1-6(2)8-4-3-7(10)5-9(8)11;1-2(3)4;;;/h3-5,11-12H,1-2H3,(H,13,14);3-6,10-11H,1-2H3;1H3,(H,3,4);2*1H4;/q;;;;;+1/p-1. The second-order valence-electron chi connectivity index (χ2n) is 6.78. The quantitative estimate of drug-likeness (QED) is 0.172. The first kappa shape index (κ1) is 39.2. The molecule has 9 heteroatoms. The van der Waals surface area contributed by atoms with E-state index >= 15 is 0 Å². The van der Waals surface area contributed by atoms with Gasteiger partial charge in [0.2, 0.25) is 0 Å². The minimum atomic E-state index is -0.0353. The van der Waals surface area contributed by atoms with Gasteiger partial charge in [-0.05, 0) is 35.1 Å². The number of hydrogen-bond acceptors (Lipinski definition) is 7. The monoisotopic (exact) mass is 542 g/mol. The Morgan fingerprint density at radius 2 is 1.22 bits per heavy atom. The summed E-state index contributed by atoms with van der Waals surface area (Å²) in [5, 5.41) is 37.3. The Morgan fingerprint density at radius 1 is 0.812 bits per heavy atom. The van der Waals surface area contributed by atoms with Crippen LogP contribution in [0.4, 0.5) is 0 Å². The van der Waals surface area contributed by atoms with Gasteiger partial charge in [-0.25, -0.2) is 0 Å². The van der Waals surface area contributed by atoms with Crippen LogP contribution < -0.4 is 51.4 Å². The molecule has 0 aliphatic rings. The maximum atomic E-state index is 9.54. The average molecular weight is 543 g/mol. The Labute approximate surface area is 258 Å². The van der Waals surface area contributed by atoms with Gasteiger partial charge in [0.15, 0.2) is 0 Å². The fourth-order valence-corrected chi connectivity index (χ4v) is 2.59. The number of thiocarbonyl (C=S) groups is 2. The third kappa shape index (κ3) is 15.0. The average Bonchev–Trinajstić information content (AvgIpc) is 2.53. The van der Waals surface area contributed by atoms with Crippen LogP contribution in [0.15, 0.2) is 30.3 Å². The van der Waals surface area contributed by atoms with Crippen LogP contribution in [0.2, 0.25) is 0 Å². The number of hydrogen-bond donors (Lipinski definition) is 5. The normalized spacial score (nSPS) is 9.00. The van der Waals surface area contributed by atoms with Gasteiger partial charge in [-0.3, -0.25) is 0 Å². The van der Waals surface area contributed by atoms with Gasteiger partial charge in [-0.15, -0.1) is 12.6 Å². The summed E-state index contributed by atoms with van der Waals surface area (Å²) in [6, 6.07) is 7.64. The van der Waals surface area contributed by atoms with Gasteiger partial charge >= 0.3 is 51.4 Å². The molecule has 176 valence electrons. The third-order valence-corrected chi connectivity index (χ3v) is 4.09. The minimum Gasteiger partial charge on any atom is -0.508 e. The predicted molar refractivity (Wildman–Crippen MR) is 148 cm³/mol. The Morgan fingerprint density at radius 3 is 1.56 bits per heavy atom. The molecule has 4 N–H and O–H groups in total. The van der Waals surface area contributed by atoms with Gasteiger partial charge in [0.05, 0.1) is 4.20 Å². The van der Waals surface area contributed by atoms with Crippen molar-refractivity contribution in [1.29, 1.82) is 0 Å². The molecule has 0 fully saturated rings. The Kier molecular flexibility index (Phi) is 23.7. The van der Waals surface area contributed by atoms with Crippen LogP contribution in [0.5, 0.6) is 23.0 Å². The van der Waals surface area contributed by atoms with Gasteiger partial charge in [0, 0.05) is 17.7 Å². The molecular weight excluding hydrogens is 508 g/mol. The number of aromatic hydroxyl groups is 4. The van der Waals surface area contributed by atoms with Crippen LogP contribution in [0.25, 0.3) is 0 Å². The molecule has 2 aromatic rings. The van der Waals surface area contributed by atoms with Gasteiger partial charge in [-0.2, -0.15) is 4.20 Å². The molecule has 0 atom stereocenters. The molecule has 0 aromatic heterocycles. The molecule has 0 heterocycles. The summed E-state index contributed by atoms with van der Waals surface area (Å²) in [6.45, 7) is 9.61. The summed E-state index contributed by atoms with van der Waals surface area (Å²) >= 11 is 17.6. The van der Waals surface area contributed by atoms with Crippen molar-refractivity contribution in [3.63, 3.8) is 0 Å². The van der Waals surface area contributed by atoms with E-state index in [1.807, 2.05) is 27.7 Å². The Bertz CT molecular complexity index is 852. The van der Waals surface area contributed by atoms with Gasteiger partial charge in [0.25, 0.3) is 0 Å². The number of rotatable bonds is 3. The van der Waals surface area contributed by atoms with E-state index in [1.165, 1.54) is 12.1 Å². The Hall–Kier alpha value is 0.0264. The van der Waals surface area contributed by atoms with Crippen molar-refractivity contribution in [2.45, 2.75) is 61.3 Å². The number of phenolic OH excluding ortho intramolecular Hbond substituents is 4. The third-order valence-electron chi connectivity index (χ3n) is 3.63. The molecule has 0 spiro atoms. The summed E-state index contributed by atoms with van der Waals surface area (Å²) in [6.07, 6.45) is 0. The maximum Gasteiger partial charge on any atom is 1.00 e. The van der Waals surface area contributed by atoms with Crippen LogP contribution in [0.1, 0.15) is 78.0 Å². The molecule has 0 radical (unpaired) electrons. The van der Waals surface area contributed by atoms with E-state index < -0.39 is 0 Å². The van der Waals surface area contributed by atoms with Crippen LogP contribution in [0.3, 0.4) is 0 Å². The van der Waals surface area contributed by atoms with Crippen molar-refractivity contribution in [3.8, 4) is 23.0 Å². The molecule has 0 saturated carbocycles. The molecule has 2 rings (SSSR count). The number of phenols is 4. The first-order chi connectivity index (χ1) is 13.3. The molecule has 0 aliphatic heterocycles. The summed E-state index contributed by atoms with van der Waals surface area (Å²) < 4.78 is 0.907. The van der Waals surface area contributed by atoms with Crippen molar-refractivity contribution in [1.82, 2.24) is 0 Å². The van der Waals surface area contributed by atoms with Crippen molar-refractivity contribution in [3.05, 3.63) is 47.0 Å². The second kappa shape index (κ2) is 19.3. The Balaban J connectivity index is -0.000000197. The van der Waals surface area contributed by atoms with Crippen molar-refractivity contribution >= 4 is 58.1 Å². The molecule has 0 bridgehead atoms. The minimum absolute atomic E-state index is 0. The smallest absolute Gasteiger partial charge is 0.508 e. The van der Waals surface area contributed by atoms with Gasteiger partial charge in [-0.1, -0.05) is 67.8 Å². The summed E-state index contributed by atoms with van der Waals surface area (Å²) in [5.74, 6) is 0.789. The van der Waals surface area contributed by atoms with E-state index in [0.717, 1.165) is 11.1 Å². The van der Waals surface area contributed by atoms with E-state index in [9.17, 15) is 15.3 Å². The van der Waals surface area contributed by atoms with Crippen LogP contribution in [0, 0.1) is 0 Å². The van der Waals surface area contributed by atoms with Crippen molar-refractivity contribution in [2.75, 3.05) is 0 Å². The van der Waals surface area contributed by atoms with E-state index in [-0.39, 0.29) is 101 Å². The van der Waals surface area contributed by atoms with E-state index in [1.54, 1.807) is 25.1 Å². The fraction of sp³-hybridized carbons (Fsp3) is 0.391. The van der Waals surface area contributed by atoms with E-state index in [4.69, 9.17) is 17.3 Å². The summed E-state index contributed by atoms with van der Waals surface area (Å²) in [7, 11) is 0.